The Balaban J connectivity index is 5.36. The second-order valence-electron chi connectivity index (χ2n) is 6.13. The molecule has 0 aliphatic heterocycles. The van der Waals surface area contributed by atoms with Gasteiger partial charge < -0.3 is 14.7 Å². The molecular formula is C12H20F5N2O6S+. The topological polar surface area (TPSA) is 112 Å². The van der Waals surface area contributed by atoms with Gasteiger partial charge in [-0.15, -0.1) is 0 Å². The predicted molar refractivity (Wildman–Crippen MR) is 77.8 cm³/mol. The van der Waals surface area contributed by atoms with E-state index in [1.807, 2.05) is 0 Å². The molecule has 0 bridgehead atoms. The Morgan fingerprint density at radius 3 is 1.88 bits per heavy atom. The van der Waals surface area contributed by atoms with Gasteiger partial charge in [0, 0.05) is 19.5 Å². The predicted octanol–water partition coefficient (Wildman–Crippen LogP) is 0.799. The van der Waals surface area contributed by atoms with Gasteiger partial charge in [0.1, 0.15) is 0 Å². The molecule has 0 amide bonds. The Bertz CT molecular complexity index is 620. The number of rotatable bonds is 11. The summed E-state index contributed by atoms with van der Waals surface area (Å²) >= 11 is 0. The average Bonchev–Trinajstić information content (AvgIpc) is 2.38. The van der Waals surface area contributed by atoms with Crippen molar-refractivity contribution >= 4 is 22.0 Å². The summed E-state index contributed by atoms with van der Waals surface area (Å²) in [5, 5.41) is 11.2. The number of carbonyl (C=O) groups is 2. The van der Waals surface area contributed by atoms with Crippen molar-refractivity contribution in [2.45, 2.75) is 24.3 Å². The standard InChI is InChI=1S/C12H19F5N2O6S/c1-19(2,8-10(22)23)7-3-5-18(6-4-9(20)21)26(24,25)12(16,17)11(13,14)15/h3-8H2,1-2H3,(H-,20,21,22,23)/p+1. The Labute approximate surface area is 146 Å². The Kier molecular flexibility index (Phi) is 7.93. The fraction of sp³-hybridized carbons (Fsp3) is 0.833. The third kappa shape index (κ3) is 6.64. The number of alkyl halides is 5. The van der Waals surface area contributed by atoms with E-state index in [0.717, 1.165) is 0 Å². The highest BCUT2D eigenvalue weighted by atomic mass is 32.2. The summed E-state index contributed by atoms with van der Waals surface area (Å²) < 4.78 is 86.9. The number of hydrogen-bond acceptors (Lipinski definition) is 4. The summed E-state index contributed by atoms with van der Waals surface area (Å²) in [7, 11) is -3.33. The van der Waals surface area contributed by atoms with Crippen LogP contribution in [0.1, 0.15) is 12.8 Å². The number of sulfonamides is 1. The lowest BCUT2D eigenvalue weighted by atomic mass is 10.3. The third-order valence-corrected chi connectivity index (χ3v) is 5.23. The molecule has 0 aromatic carbocycles. The molecule has 0 rings (SSSR count). The van der Waals surface area contributed by atoms with Gasteiger partial charge in [-0.05, 0) is 0 Å². The van der Waals surface area contributed by atoms with Crippen molar-refractivity contribution in [3.8, 4) is 0 Å². The monoisotopic (exact) mass is 415 g/mol. The highest BCUT2D eigenvalue weighted by molar-refractivity contribution is 7.90. The highest BCUT2D eigenvalue weighted by Crippen LogP contribution is 2.41. The number of aliphatic carboxylic acids is 2. The van der Waals surface area contributed by atoms with E-state index in [9.17, 15) is 40.0 Å². The second-order valence-corrected chi connectivity index (χ2v) is 8.11. The van der Waals surface area contributed by atoms with Crippen LogP contribution in [-0.4, -0.2) is 91.1 Å². The molecule has 0 unspecified atom stereocenters. The van der Waals surface area contributed by atoms with Gasteiger partial charge in [-0.3, -0.25) is 4.79 Å². The van der Waals surface area contributed by atoms with E-state index in [4.69, 9.17) is 10.2 Å². The second kappa shape index (κ2) is 8.43. The molecule has 0 fully saturated rings. The van der Waals surface area contributed by atoms with Crippen LogP contribution in [0.25, 0.3) is 0 Å². The zero-order chi connectivity index (χ0) is 21.0. The number of likely N-dealkylation sites (N-methyl/N-ethyl adjacent to an activating group) is 1. The first-order valence-electron chi connectivity index (χ1n) is 7.14. The Morgan fingerprint density at radius 2 is 1.50 bits per heavy atom. The zero-order valence-corrected chi connectivity index (χ0v) is 14.8. The molecule has 8 nitrogen and oxygen atoms in total. The van der Waals surface area contributed by atoms with Crippen LogP contribution in [0.3, 0.4) is 0 Å². The lowest BCUT2D eigenvalue weighted by Crippen LogP contribution is -2.53. The molecule has 0 heterocycles. The molecule has 0 radical (unpaired) electrons. The molecule has 26 heavy (non-hydrogen) atoms. The van der Waals surface area contributed by atoms with Crippen molar-refractivity contribution < 1.29 is 54.7 Å². The molecular weight excluding hydrogens is 395 g/mol. The normalized spacial score (nSPS) is 13.8. The highest BCUT2D eigenvalue weighted by Gasteiger charge is 2.68. The van der Waals surface area contributed by atoms with Crippen LogP contribution in [0.15, 0.2) is 0 Å². The van der Waals surface area contributed by atoms with E-state index in [0.29, 0.717) is 0 Å². The number of quaternary nitrogens is 1. The van der Waals surface area contributed by atoms with Crippen LogP contribution < -0.4 is 0 Å². The number of carboxylic acid groups (broad SMARTS) is 2. The van der Waals surface area contributed by atoms with E-state index < -0.39 is 52.9 Å². The maximum Gasteiger partial charge on any atom is 0.470 e. The van der Waals surface area contributed by atoms with E-state index in [1.165, 1.54) is 14.1 Å². The van der Waals surface area contributed by atoms with Crippen LogP contribution in [0.2, 0.25) is 0 Å². The minimum absolute atomic E-state index is 0.0526. The fourth-order valence-corrected chi connectivity index (χ4v) is 3.32. The number of halogens is 5. The first-order chi connectivity index (χ1) is 11.4. The van der Waals surface area contributed by atoms with E-state index in [1.54, 1.807) is 0 Å². The quantitative estimate of drug-likeness (QED) is 0.381. The van der Waals surface area contributed by atoms with Crippen LogP contribution in [0.4, 0.5) is 22.0 Å². The smallest absolute Gasteiger partial charge is 0.470 e. The Morgan fingerprint density at radius 1 is 1.00 bits per heavy atom. The summed E-state index contributed by atoms with van der Waals surface area (Å²) in [4.78, 5) is 21.2. The largest absolute Gasteiger partial charge is 0.481 e. The molecule has 0 atom stereocenters. The van der Waals surface area contributed by atoms with Gasteiger partial charge >= 0.3 is 23.4 Å². The minimum Gasteiger partial charge on any atom is -0.481 e. The number of carboxylic acids is 2. The molecule has 14 heteroatoms. The van der Waals surface area contributed by atoms with Gasteiger partial charge in [0.05, 0.1) is 27.1 Å². The van der Waals surface area contributed by atoms with E-state index >= 15 is 0 Å². The van der Waals surface area contributed by atoms with Crippen LogP contribution in [-0.2, 0) is 19.6 Å². The summed E-state index contributed by atoms with van der Waals surface area (Å²) in [5.41, 5.74) is 0. The van der Waals surface area contributed by atoms with Gasteiger partial charge in [0.15, 0.2) is 6.54 Å². The van der Waals surface area contributed by atoms with Crippen molar-refractivity contribution in [2.24, 2.45) is 0 Å². The van der Waals surface area contributed by atoms with E-state index in [-0.39, 0.29) is 28.3 Å². The fourth-order valence-electron chi connectivity index (χ4n) is 2.00. The average molecular weight is 415 g/mol. The van der Waals surface area contributed by atoms with Crippen molar-refractivity contribution in [3.05, 3.63) is 0 Å². The molecule has 154 valence electrons. The molecule has 0 saturated carbocycles. The maximum atomic E-state index is 13.3. The van der Waals surface area contributed by atoms with Crippen LogP contribution in [0, 0.1) is 0 Å². The first-order valence-corrected chi connectivity index (χ1v) is 8.58. The van der Waals surface area contributed by atoms with Crippen molar-refractivity contribution in [3.63, 3.8) is 0 Å². The van der Waals surface area contributed by atoms with Gasteiger partial charge in [-0.25, -0.2) is 13.2 Å². The lowest BCUT2D eigenvalue weighted by Gasteiger charge is -2.30. The molecule has 2 N–H and O–H groups in total. The molecule has 0 saturated heterocycles. The maximum absolute atomic E-state index is 13.3. The zero-order valence-electron chi connectivity index (χ0n) is 14.0. The number of hydrogen-bond donors (Lipinski definition) is 2. The van der Waals surface area contributed by atoms with Crippen LogP contribution >= 0.6 is 0 Å². The van der Waals surface area contributed by atoms with Crippen molar-refractivity contribution in [1.82, 2.24) is 4.31 Å². The molecule has 0 aromatic rings. The third-order valence-electron chi connectivity index (χ3n) is 3.30. The van der Waals surface area contributed by atoms with Gasteiger partial charge in [-0.1, -0.05) is 0 Å². The summed E-state index contributed by atoms with van der Waals surface area (Å²) in [6.07, 6.45) is -7.60. The van der Waals surface area contributed by atoms with Gasteiger partial charge in [-0.2, -0.15) is 26.3 Å². The molecule has 0 aliphatic rings. The Hall–Kier alpha value is -1.54. The van der Waals surface area contributed by atoms with E-state index in [2.05, 4.69) is 0 Å². The summed E-state index contributed by atoms with van der Waals surface area (Å²) in [6, 6.07) is 0. The van der Waals surface area contributed by atoms with Crippen molar-refractivity contribution in [1.29, 1.82) is 0 Å². The first kappa shape index (κ1) is 24.5. The molecule has 0 aromatic heterocycles. The van der Waals surface area contributed by atoms with Gasteiger partial charge in [0.2, 0.25) is 0 Å². The van der Waals surface area contributed by atoms with Gasteiger partial charge in [0.25, 0.3) is 10.0 Å². The summed E-state index contributed by atoms with van der Waals surface area (Å²) in [5.74, 6) is -2.77. The molecule has 0 aliphatic carbocycles. The summed E-state index contributed by atoms with van der Waals surface area (Å²) in [6.45, 7) is -2.33. The SMILES string of the molecule is C[N+](C)(CCCN(CCC(=O)O)S(=O)(=O)C(F)(F)C(F)(F)F)CC(=O)O. The van der Waals surface area contributed by atoms with Crippen molar-refractivity contribution in [2.75, 3.05) is 40.3 Å². The molecule has 0 spiro atoms. The van der Waals surface area contributed by atoms with Crippen LogP contribution in [0.5, 0.6) is 0 Å². The lowest BCUT2D eigenvalue weighted by molar-refractivity contribution is -0.883. The minimum atomic E-state index is -6.37. The number of nitrogens with zero attached hydrogens (tertiary/aromatic N) is 2.